The molecule has 0 bridgehead atoms. The number of rotatable bonds is 5. The van der Waals surface area contributed by atoms with E-state index in [1.54, 1.807) is 0 Å². The van der Waals surface area contributed by atoms with Crippen molar-refractivity contribution in [3.63, 3.8) is 0 Å². The highest BCUT2D eigenvalue weighted by Crippen LogP contribution is 2.28. The van der Waals surface area contributed by atoms with E-state index in [9.17, 15) is 4.79 Å². The Morgan fingerprint density at radius 3 is 2.75 bits per heavy atom. The maximum absolute atomic E-state index is 13.1. The third-order valence-corrected chi connectivity index (χ3v) is 6.64. The topological polar surface area (TPSA) is 64.2 Å². The molecular weight excluding hydrogens is 396 g/mol. The van der Waals surface area contributed by atoms with Gasteiger partial charge in [0.1, 0.15) is 5.82 Å². The Hall–Kier alpha value is -3.18. The van der Waals surface area contributed by atoms with Crippen LogP contribution in [0.25, 0.3) is 21.8 Å². The van der Waals surface area contributed by atoms with Crippen molar-refractivity contribution in [3.8, 4) is 0 Å². The molecule has 0 spiro atoms. The molecule has 164 valence electrons. The SMILES string of the molecule is Cc1nc2ccccc2n1[C@H]1CCCN(C(=O)C[C@H](N)Cc2ccc3ccccc3c2)C1. The number of hydrogen-bond acceptors (Lipinski definition) is 3. The van der Waals surface area contributed by atoms with Crippen molar-refractivity contribution in [2.75, 3.05) is 13.1 Å². The number of nitrogens with zero attached hydrogens (tertiary/aromatic N) is 3. The largest absolute Gasteiger partial charge is 0.341 e. The van der Waals surface area contributed by atoms with Crippen LogP contribution < -0.4 is 5.73 Å². The quantitative estimate of drug-likeness (QED) is 0.506. The molecule has 4 aromatic rings. The summed E-state index contributed by atoms with van der Waals surface area (Å²) in [7, 11) is 0. The van der Waals surface area contributed by atoms with E-state index < -0.39 is 0 Å². The van der Waals surface area contributed by atoms with Gasteiger partial charge < -0.3 is 15.2 Å². The van der Waals surface area contributed by atoms with Crippen LogP contribution in [0, 0.1) is 6.92 Å². The van der Waals surface area contributed by atoms with Crippen molar-refractivity contribution >= 4 is 27.7 Å². The van der Waals surface area contributed by atoms with Gasteiger partial charge in [0, 0.05) is 25.6 Å². The molecule has 0 aliphatic carbocycles. The third kappa shape index (κ3) is 4.13. The summed E-state index contributed by atoms with van der Waals surface area (Å²) in [5.41, 5.74) is 9.77. The lowest BCUT2D eigenvalue weighted by Gasteiger charge is -2.35. The number of carbonyl (C=O) groups excluding carboxylic acids is 1. The number of carbonyl (C=O) groups is 1. The molecule has 5 rings (SSSR count). The van der Waals surface area contributed by atoms with Gasteiger partial charge in [-0.3, -0.25) is 4.79 Å². The summed E-state index contributed by atoms with van der Waals surface area (Å²) in [6.07, 6.45) is 3.15. The minimum absolute atomic E-state index is 0.157. The normalized spacial score (nSPS) is 17.7. The molecule has 1 saturated heterocycles. The number of aromatic nitrogens is 2. The zero-order valence-electron chi connectivity index (χ0n) is 18.6. The molecule has 2 N–H and O–H groups in total. The number of imidazole rings is 1. The predicted octanol–water partition coefficient (Wildman–Crippen LogP) is 4.62. The number of nitrogens with two attached hydrogens (primary N) is 1. The Kier molecular flexibility index (Phi) is 5.66. The number of aryl methyl sites for hydroxylation is 1. The monoisotopic (exact) mass is 426 g/mol. The first kappa shape index (κ1) is 20.7. The third-order valence-electron chi connectivity index (χ3n) is 6.64. The summed E-state index contributed by atoms with van der Waals surface area (Å²) < 4.78 is 2.31. The van der Waals surface area contributed by atoms with Crippen LogP contribution in [0.1, 0.15) is 36.7 Å². The van der Waals surface area contributed by atoms with Crippen molar-refractivity contribution in [3.05, 3.63) is 78.1 Å². The average molecular weight is 427 g/mol. The highest BCUT2D eigenvalue weighted by molar-refractivity contribution is 5.83. The summed E-state index contributed by atoms with van der Waals surface area (Å²) in [5.74, 6) is 1.17. The fraction of sp³-hybridized carbons (Fsp3) is 0.333. The van der Waals surface area contributed by atoms with Gasteiger partial charge in [0.05, 0.1) is 17.1 Å². The van der Waals surface area contributed by atoms with Crippen molar-refractivity contribution in [2.24, 2.45) is 5.73 Å². The second-order valence-corrected chi connectivity index (χ2v) is 9.00. The molecule has 1 aliphatic rings. The van der Waals surface area contributed by atoms with Gasteiger partial charge >= 0.3 is 0 Å². The van der Waals surface area contributed by atoms with E-state index in [0.29, 0.717) is 12.8 Å². The Bertz CT molecular complexity index is 1260. The van der Waals surface area contributed by atoms with Gasteiger partial charge in [-0.1, -0.05) is 54.6 Å². The van der Waals surface area contributed by atoms with E-state index in [1.165, 1.54) is 16.3 Å². The van der Waals surface area contributed by atoms with Crippen LogP contribution >= 0.6 is 0 Å². The Morgan fingerprint density at radius 1 is 1.09 bits per heavy atom. The average Bonchev–Trinajstić information content (AvgIpc) is 3.14. The van der Waals surface area contributed by atoms with Crippen molar-refractivity contribution in [1.82, 2.24) is 14.5 Å². The van der Waals surface area contributed by atoms with Crippen LogP contribution in [0.15, 0.2) is 66.7 Å². The summed E-state index contributed by atoms with van der Waals surface area (Å²) in [4.78, 5) is 19.8. The lowest BCUT2D eigenvalue weighted by molar-refractivity contribution is -0.133. The van der Waals surface area contributed by atoms with E-state index >= 15 is 0 Å². The molecule has 0 radical (unpaired) electrons. The first-order chi connectivity index (χ1) is 15.6. The molecule has 5 nitrogen and oxygen atoms in total. The molecule has 1 fully saturated rings. The van der Waals surface area contributed by atoms with Crippen LogP contribution in [-0.4, -0.2) is 39.5 Å². The van der Waals surface area contributed by atoms with Gasteiger partial charge in [0.15, 0.2) is 0 Å². The number of benzene rings is 3. The summed E-state index contributed by atoms with van der Waals surface area (Å²) >= 11 is 0. The van der Waals surface area contributed by atoms with Gasteiger partial charge in [-0.25, -0.2) is 4.98 Å². The van der Waals surface area contributed by atoms with E-state index in [2.05, 4.69) is 60.0 Å². The molecule has 1 amide bonds. The fourth-order valence-corrected chi connectivity index (χ4v) is 5.11. The van der Waals surface area contributed by atoms with Crippen LogP contribution in [0.2, 0.25) is 0 Å². The maximum Gasteiger partial charge on any atom is 0.224 e. The van der Waals surface area contributed by atoms with Gasteiger partial charge in [-0.15, -0.1) is 0 Å². The number of amides is 1. The number of fused-ring (bicyclic) bond motifs is 2. The Morgan fingerprint density at radius 2 is 1.88 bits per heavy atom. The second kappa shape index (κ2) is 8.75. The Labute approximate surface area is 188 Å². The number of para-hydroxylation sites is 2. The zero-order chi connectivity index (χ0) is 22.1. The number of piperidine rings is 1. The molecule has 32 heavy (non-hydrogen) atoms. The molecule has 1 aliphatic heterocycles. The first-order valence-electron chi connectivity index (χ1n) is 11.5. The van der Waals surface area contributed by atoms with Gasteiger partial charge in [-0.2, -0.15) is 0 Å². The van der Waals surface area contributed by atoms with Crippen molar-refractivity contribution < 1.29 is 4.79 Å². The minimum atomic E-state index is -0.181. The van der Waals surface area contributed by atoms with Crippen LogP contribution in [0.3, 0.4) is 0 Å². The molecule has 1 aromatic heterocycles. The van der Waals surface area contributed by atoms with E-state index in [0.717, 1.165) is 42.8 Å². The highest BCUT2D eigenvalue weighted by Gasteiger charge is 2.27. The first-order valence-corrected chi connectivity index (χ1v) is 11.5. The summed E-state index contributed by atoms with van der Waals surface area (Å²) in [5, 5.41) is 2.44. The fourth-order valence-electron chi connectivity index (χ4n) is 5.11. The maximum atomic E-state index is 13.1. The van der Waals surface area contributed by atoms with Gasteiger partial charge in [-0.05, 0) is 54.7 Å². The zero-order valence-corrected chi connectivity index (χ0v) is 18.6. The number of hydrogen-bond donors (Lipinski definition) is 1. The van der Waals surface area contributed by atoms with E-state index in [-0.39, 0.29) is 18.0 Å². The van der Waals surface area contributed by atoms with Crippen molar-refractivity contribution in [1.29, 1.82) is 0 Å². The molecule has 5 heteroatoms. The minimum Gasteiger partial charge on any atom is -0.341 e. The molecular formula is C27H30N4O. The second-order valence-electron chi connectivity index (χ2n) is 9.00. The summed E-state index contributed by atoms with van der Waals surface area (Å²) in [6, 6.07) is 23.1. The standard InChI is InChI=1S/C27H30N4O/c1-19-29-25-10-4-5-11-26(25)31(19)24-9-6-14-30(18-24)27(32)17-23(28)16-20-12-13-21-7-2-3-8-22(21)15-20/h2-5,7-8,10-13,15,23-24H,6,9,14,16-18,28H2,1H3/t23-,24+/m1/s1. The van der Waals surface area contributed by atoms with Gasteiger partial charge in [0.2, 0.25) is 5.91 Å². The van der Waals surface area contributed by atoms with Crippen molar-refractivity contribution in [2.45, 2.75) is 44.7 Å². The molecule has 0 unspecified atom stereocenters. The lowest BCUT2D eigenvalue weighted by Crippen LogP contribution is -2.43. The van der Waals surface area contributed by atoms with Crippen LogP contribution in [0.4, 0.5) is 0 Å². The highest BCUT2D eigenvalue weighted by atomic mass is 16.2. The lowest BCUT2D eigenvalue weighted by atomic mass is 9.99. The van der Waals surface area contributed by atoms with E-state index in [4.69, 9.17) is 10.7 Å². The smallest absolute Gasteiger partial charge is 0.224 e. The van der Waals surface area contributed by atoms with Crippen LogP contribution in [0.5, 0.6) is 0 Å². The predicted molar refractivity (Wildman–Crippen MR) is 130 cm³/mol. The Balaban J connectivity index is 1.25. The van der Waals surface area contributed by atoms with Crippen LogP contribution in [-0.2, 0) is 11.2 Å². The molecule has 3 aromatic carbocycles. The molecule has 0 saturated carbocycles. The number of likely N-dealkylation sites (tertiary alicyclic amines) is 1. The van der Waals surface area contributed by atoms with E-state index in [1.807, 2.05) is 23.1 Å². The van der Waals surface area contributed by atoms with Gasteiger partial charge in [0.25, 0.3) is 0 Å². The molecule has 2 atom stereocenters. The molecule has 2 heterocycles. The summed E-state index contributed by atoms with van der Waals surface area (Å²) in [6.45, 7) is 3.59.